The SMILES string of the molecule is CCOC(=O)c1ccc2c(c1)nc(SCC(=O)c1c[nH]c3ccccc13)n2CC. The van der Waals surface area contributed by atoms with Crippen molar-refractivity contribution >= 4 is 45.5 Å². The fraction of sp³-hybridized carbons (Fsp3) is 0.227. The average Bonchev–Trinajstić information content (AvgIpc) is 3.32. The largest absolute Gasteiger partial charge is 0.462 e. The van der Waals surface area contributed by atoms with Crippen molar-refractivity contribution in [3.05, 3.63) is 59.8 Å². The summed E-state index contributed by atoms with van der Waals surface area (Å²) in [7, 11) is 0. The number of benzene rings is 2. The van der Waals surface area contributed by atoms with Crippen molar-refractivity contribution in [1.82, 2.24) is 14.5 Å². The molecule has 2 aromatic heterocycles. The number of carbonyl (C=O) groups is 2. The lowest BCUT2D eigenvalue weighted by atomic mass is 10.1. The van der Waals surface area contributed by atoms with Gasteiger partial charge in [-0.25, -0.2) is 9.78 Å². The molecular formula is C22H21N3O3S. The number of esters is 1. The molecule has 0 saturated carbocycles. The van der Waals surface area contributed by atoms with E-state index < -0.39 is 0 Å². The number of nitrogens with zero attached hydrogens (tertiary/aromatic N) is 2. The molecule has 4 rings (SSSR count). The topological polar surface area (TPSA) is 77.0 Å². The highest BCUT2D eigenvalue weighted by molar-refractivity contribution is 7.99. The van der Waals surface area contributed by atoms with E-state index in [0.717, 1.165) is 33.6 Å². The fourth-order valence-electron chi connectivity index (χ4n) is 3.37. The molecule has 0 bridgehead atoms. The smallest absolute Gasteiger partial charge is 0.338 e. The Morgan fingerprint density at radius 2 is 2.00 bits per heavy atom. The summed E-state index contributed by atoms with van der Waals surface area (Å²) in [4.78, 5) is 32.6. The first-order valence-corrected chi connectivity index (χ1v) is 10.5. The summed E-state index contributed by atoms with van der Waals surface area (Å²) in [5.74, 6) is -0.0193. The first kappa shape index (κ1) is 19.3. The molecule has 0 fully saturated rings. The summed E-state index contributed by atoms with van der Waals surface area (Å²) in [5, 5.41) is 1.69. The van der Waals surface area contributed by atoms with Crippen molar-refractivity contribution in [2.45, 2.75) is 25.5 Å². The molecular weight excluding hydrogens is 386 g/mol. The van der Waals surface area contributed by atoms with Gasteiger partial charge in [0, 0.05) is 29.2 Å². The number of hydrogen-bond donors (Lipinski definition) is 1. The zero-order valence-corrected chi connectivity index (χ0v) is 17.1. The van der Waals surface area contributed by atoms with Gasteiger partial charge in [0.2, 0.25) is 0 Å². The maximum absolute atomic E-state index is 12.8. The van der Waals surface area contributed by atoms with E-state index in [0.29, 0.717) is 17.7 Å². The molecule has 7 heteroatoms. The van der Waals surface area contributed by atoms with Gasteiger partial charge in [0.15, 0.2) is 10.9 Å². The molecule has 148 valence electrons. The minimum atomic E-state index is -0.357. The molecule has 4 aromatic rings. The highest BCUT2D eigenvalue weighted by Gasteiger charge is 2.17. The molecule has 1 N–H and O–H groups in total. The van der Waals surface area contributed by atoms with Gasteiger partial charge in [0.05, 0.1) is 29.0 Å². The lowest BCUT2D eigenvalue weighted by Crippen LogP contribution is -2.04. The van der Waals surface area contributed by atoms with Gasteiger partial charge in [-0.05, 0) is 38.1 Å². The second-order valence-electron chi connectivity index (χ2n) is 6.52. The quantitative estimate of drug-likeness (QED) is 0.273. The molecule has 0 aliphatic carbocycles. The summed E-state index contributed by atoms with van der Waals surface area (Å²) in [6, 6.07) is 13.1. The Balaban J connectivity index is 1.58. The van der Waals surface area contributed by atoms with Gasteiger partial charge in [0.25, 0.3) is 0 Å². The zero-order valence-electron chi connectivity index (χ0n) is 16.3. The standard InChI is InChI=1S/C22H21N3O3S/c1-3-25-19-10-9-14(21(27)28-4-2)11-18(19)24-22(25)29-13-20(26)16-12-23-17-8-6-5-7-15(16)17/h5-12,23H,3-4,13H2,1-2H3. The predicted molar refractivity (Wildman–Crippen MR) is 115 cm³/mol. The van der Waals surface area contributed by atoms with Crippen LogP contribution in [0.5, 0.6) is 0 Å². The number of rotatable bonds is 7. The second kappa shape index (κ2) is 8.13. The number of H-pyrrole nitrogens is 1. The highest BCUT2D eigenvalue weighted by atomic mass is 32.2. The number of aromatic nitrogens is 3. The zero-order chi connectivity index (χ0) is 20.4. The number of aryl methyl sites for hydroxylation is 1. The monoisotopic (exact) mass is 407 g/mol. The van der Waals surface area contributed by atoms with Gasteiger partial charge >= 0.3 is 5.97 Å². The normalized spacial score (nSPS) is 11.2. The third kappa shape index (κ3) is 3.65. The maximum atomic E-state index is 12.8. The summed E-state index contributed by atoms with van der Waals surface area (Å²) < 4.78 is 7.12. The molecule has 0 amide bonds. The predicted octanol–water partition coefficient (Wildman–Crippen LogP) is 4.69. The van der Waals surface area contributed by atoms with Gasteiger partial charge < -0.3 is 14.3 Å². The number of imidazole rings is 1. The third-order valence-electron chi connectivity index (χ3n) is 4.76. The number of ketones is 1. The van der Waals surface area contributed by atoms with E-state index in [-0.39, 0.29) is 17.5 Å². The van der Waals surface area contributed by atoms with E-state index >= 15 is 0 Å². The van der Waals surface area contributed by atoms with Gasteiger partial charge in [-0.15, -0.1) is 0 Å². The molecule has 2 aromatic carbocycles. The first-order valence-electron chi connectivity index (χ1n) is 9.52. The summed E-state index contributed by atoms with van der Waals surface area (Å²) >= 11 is 1.41. The van der Waals surface area contributed by atoms with Crippen molar-refractivity contribution in [2.75, 3.05) is 12.4 Å². The van der Waals surface area contributed by atoms with Gasteiger partial charge in [-0.2, -0.15) is 0 Å². The fourth-order valence-corrected chi connectivity index (χ4v) is 4.34. The van der Waals surface area contributed by atoms with E-state index in [1.165, 1.54) is 11.8 Å². The number of nitrogens with one attached hydrogen (secondary N) is 1. The van der Waals surface area contributed by atoms with Gasteiger partial charge in [-0.1, -0.05) is 30.0 Å². The van der Waals surface area contributed by atoms with Crippen LogP contribution in [0, 0.1) is 0 Å². The maximum Gasteiger partial charge on any atom is 0.338 e. The summed E-state index contributed by atoms with van der Waals surface area (Å²) in [6.07, 6.45) is 1.77. The molecule has 0 spiro atoms. The van der Waals surface area contributed by atoms with Crippen LogP contribution in [-0.2, 0) is 11.3 Å². The van der Waals surface area contributed by atoms with Crippen molar-refractivity contribution in [1.29, 1.82) is 0 Å². The lowest BCUT2D eigenvalue weighted by Gasteiger charge is -2.05. The van der Waals surface area contributed by atoms with Crippen LogP contribution in [0.25, 0.3) is 21.9 Å². The first-order chi connectivity index (χ1) is 14.1. The molecule has 0 atom stereocenters. The number of ether oxygens (including phenoxy) is 1. The molecule has 0 aliphatic rings. The number of aromatic amines is 1. The van der Waals surface area contributed by atoms with E-state index in [2.05, 4.69) is 14.5 Å². The Hall–Kier alpha value is -3.06. The molecule has 0 aliphatic heterocycles. The Bertz CT molecular complexity index is 1210. The van der Waals surface area contributed by atoms with Crippen LogP contribution in [0.3, 0.4) is 0 Å². The number of Topliss-reactive ketones (excluding diaryl/α,β-unsaturated/α-hetero) is 1. The van der Waals surface area contributed by atoms with Crippen molar-refractivity contribution in [2.24, 2.45) is 0 Å². The van der Waals surface area contributed by atoms with Crippen LogP contribution in [0.2, 0.25) is 0 Å². The number of fused-ring (bicyclic) bond motifs is 2. The summed E-state index contributed by atoms with van der Waals surface area (Å²) in [6.45, 7) is 4.86. The van der Waals surface area contributed by atoms with Crippen LogP contribution >= 0.6 is 11.8 Å². The lowest BCUT2D eigenvalue weighted by molar-refractivity contribution is 0.0526. The van der Waals surface area contributed by atoms with Crippen molar-refractivity contribution in [3.8, 4) is 0 Å². The van der Waals surface area contributed by atoms with Crippen molar-refractivity contribution in [3.63, 3.8) is 0 Å². The Morgan fingerprint density at radius 3 is 2.79 bits per heavy atom. The third-order valence-corrected chi connectivity index (χ3v) is 5.74. The van der Waals surface area contributed by atoms with Crippen molar-refractivity contribution < 1.29 is 14.3 Å². The molecule has 0 radical (unpaired) electrons. The molecule has 2 heterocycles. The molecule has 6 nitrogen and oxygen atoms in total. The number of thioether (sulfide) groups is 1. The van der Waals surface area contributed by atoms with E-state index in [1.54, 1.807) is 25.3 Å². The van der Waals surface area contributed by atoms with E-state index in [4.69, 9.17) is 4.74 Å². The molecule has 0 unspecified atom stereocenters. The molecule has 0 saturated heterocycles. The van der Waals surface area contributed by atoms with Gasteiger partial charge in [0.1, 0.15) is 0 Å². The second-order valence-corrected chi connectivity index (χ2v) is 7.46. The van der Waals surface area contributed by atoms with Crippen LogP contribution in [0.4, 0.5) is 0 Å². The Labute approximate surface area is 172 Å². The van der Waals surface area contributed by atoms with E-state index in [1.807, 2.05) is 37.3 Å². The van der Waals surface area contributed by atoms with Crippen LogP contribution in [-0.4, -0.2) is 38.6 Å². The van der Waals surface area contributed by atoms with Gasteiger partial charge in [-0.3, -0.25) is 4.79 Å². The minimum absolute atomic E-state index is 0.0503. The van der Waals surface area contributed by atoms with Crippen LogP contribution < -0.4 is 0 Å². The Kier molecular flexibility index (Phi) is 5.40. The summed E-state index contributed by atoms with van der Waals surface area (Å²) in [5.41, 5.74) is 3.78. The average molecular weight is 407 g/mol. The van der Waals surface area contributed by atoms with E-state index in [9.17, 15) is 9.59 Å². The number of carbonyl (C=O) groups excluding carboxylic acids is 2. The minimum Gasteiger partial charge on any atom is -0.462 e. The van der Waals surface area contributed by atoms with Crippen LogP contribution in [0.1, 0.15) is 34.6 Å². The Morgan fingerprint density at radius 1 is 1.17 bits per heavy atom. The number of para-hydroxylation sites is 1. The number of hydrogen-bond acceptors (Lipinski definition) is 5. The highest BCUT2D eigenvalue weighted by Crippen LogP contribution is 2.27. The van der Waals surface area contributed by atoms with Crippen LogP contribution in [0.15, 0.2) is 53.8 Å². The molecule has 29 heavy (non-hydrogen) atoms.